The third kappa shape index (κ3) is 7.57. The second-order valence-corrected chi connectivity index (χ2v) is 16.9. The zero-order valence-corrected chi connectivity index (χ0v) is 29.2. The average molecular weight is 748 g/mol. The molecule has 0 N–H and O–H groups in total. The first-order chi connectivity index (χ1) is 22.9. The summed E-state index contributed by atoms with van der Waals surface area (Å²) in [5.74, 6) is 3.24. The van der Waals surface area contributed by atoms with Gasteiger partial charge in [0.25, 0.3) is 0 Å². The summed E-state index contributed by atoms with van der Waals surface area (Å²) in [5, 5.41) is 0. The lowest BCUT2D eigenvalue weighted by molar-refractivity contribution is -0.457. The Kier molecular flexibility index (Phi) is 11.8. The normalized spacial score (nSPS) is 29.1. The summed E-state index contributed by atoms with van der Waals surface area (Å²) in [7, 11) is 5.70. The van der Waals surface area contributed by atoms with Gasteiger partial charge < -0.3 is 14.4 Å². The van der Waals surface area contributed by atoms with Gasteiger partial charge in [-0.3, -0.25) is 0 Å². The molecule has 1 amide bonds. The first-order valence-electron chi connectivity index (χ1n) is 17.1. The van der Waals surface area contributed by atoms with E-state index in [0.717, 1.165) is 68.3 Å². The highest BCUT2D eigenvalue weighted by Crippen LogP contribution is 2.64. The van der Waals surface area contributed by atoms with E-state index in [0.29, 0.717) is 24.6 Å². The van der Waals surface area contributed by atoms with Crippen LogP contribution in [0.15, 0.2) is 18.2 Å². The van der Waals surface area contributed by atoms with E-state index in [1.165, 1.54) is 5.56 Å². The van der Waals surface area contributed by atoms with Crippen LogP contribution in [-0.4, -0.2) is 73.7 Å². The number of rotatable bonds is 10. The quantitative estimate of drug-likeness (QED) is 0.103. The van der Waals surface area contributed by atoms with Crippen molar-refractivity contribution in [3.05, 3.63) is 29.3 Å². The monoisotopic (exact) mass is 747 g/mol. The maximum absolute atomic E-state index is 13.3. The van der Waals surface area contributed by atoms with Crippen LogP contribution in [-0.2, 0) is 11.2 Å². The fourth-order valence-corrected chi connectivity index (χ4v) is 11.6. The Bertz CT molecular complexity index is 1270. The molecule has 5 rings (SSSR count). The number of fused-ring (bicyclic) bond motifs is 5. The molecule has 1 aromatic carbocycles. The van der Waals surface area contributed by atoms with Crippen molar-refractivity contribution in [1.82, 2.24) is 4.90 Å². The predicted molar refractivity (Wildman–Crippen MR) is 175 cm³/mol. The first-order valence-corrected chi connectivity index (χ1v) is 19.6. The molecule has 2 saturated carbocycles. The van der Waals surface area contributed by atoms with Crippen molar-refractivity contribution < 1.29 is 53.8 Å². The van der Waals surface area contributed by atoms with Crippen LogP contribution in [0.3, 0.4) is 0 Å². The third-order valence-corrected chi connectivity index (χ3v) is 14.1. The van der Waals surface area contributed by atoms with Crippen molar-refractivity contribution in [3.8, 4) is 5.75 Å². The van der Waals surface area contributed by atoms with Crippen molar-refractivity contribution in [2.24, 2.45) is 23.2 Å². The zero-order valence-electron chi connectivity index (χ0n) is 27.6. The van der Waals surface area contributed by atoms with E-state index >= 15 is 0 Å². The second kappa shape index (κ2) is 14.9. The van der Waals surface area contributed by atoms with Gasteiger partial charge in [-0.15, -0.1) is 0 Å². The molecule has 3 fully saturated rings. The number of hydrogen-bond donors (Lipinski definition) is 0. The Labute approximate surface area is 290 Å². The standard InChI is InChI=1S/C33H43BF9NO3S2/c1-29-13-11-25-24-9-7-23(47-28(45)44(15-3-14-34)22-12-17-48-49-19-22)18-20(24)5-8-26(25)27(29)10-6-21(29)4-2-16-46-30(31(35,36)37,32(38,39)40)33(41,42)43/h7,9,18,21-22,25-27H,2-6,8,10-17,19,34H2,1H3. The number of aryl methyl sites for hydroxylation is 1. The minimum Gasteiger partial charge on any atom is -0.410 e. The molecule has 6 atom stereocenters. The molecule has 4 aliphatic rings. The highest BCUT2D eigenvalue weighted by atomic mass is 33.1. The fourth-order valence-electron chi connectivity index (χ4n) is 9.10. The Morgan fingerprint density at radius 1 is 0.959 bits per heavy atom. The van der Waals surface area contributed by atoms with E-state index in [2.05, 4.69) is 25.6 Å². The van der Waals surface area contributed by atoms with Crippen LogP contribution in [0.25, 0.3) is 0 Å². The van der Waals surface area contributed by atoms with E-state index in [1.807, 2.05) is 27.8 Å². The molecule has 1 heterocycles. The molecular formula is C33H43BF9NO3S2. The van der Waals surface area contributed by atoms with Gasteiger partial charge in [-0.05, 0) is 117 Å². The van der Waals surface area contributed by atoms with E-state index < -0.39 is 30.7 Å². The van der Waals surface area contributed by atoms with Crippen LogP contribution < -0.4 is 4.74 Å². The van der Waals surface area contributed by atoms with Crippen molar-refractivity contribution >= 4 is 35.5 Å². The lowest BCUT2D eigenvalue weighted by atomic mass is 9.54. The number of carbonyl (C=O) groups excluding carboxylic acids is 1. The topological polar surface area (TPSA) is 38.8 Å². The maximum Gasteiger partial charge on any atom is 0.435 e. The Morgan fingerprint density at radius 2 is 1.67 bits per heavy atom. The third-order valence-electron chi connectivity index (χ3n) is 11.6. The van der Waals surface area contributed by atoms with Gasteiger partial charge in [0.15, 0.2) is 0 Å². The summed E-state index contributed by atoms with van der Waals surface area (Å²) >= 11 is 0. The summed E-state index contributed by atoms with van der Waals surface area (Å²) in [6, 6.07) is 6.03. The zero-order chi connectivity index (χ0) is 35.8. The molecule has 0 spiro atoms. The second-order valence-electron chi connectivity index (χ2n) is 14.2. The molecule has 0 aromatic heterocycles. The molecule has 1 aromatic rings. The molecule has 49 heavy (non-hydrogen) atoms. The lowest BCUT2D eigenvalue weighted by Crippen LogP contribution is -2.67. The largest absolute Gasteiger partial charge is 0.435 e. The predicted octanol–water partition coefficient (Wildman–Crippen LogP) is 9.78. The van der Waals surface area contributed by atoms with Crippen LogP contribution in [0.4, 0.5) is 44.3 Å². The summed E-state index contributed by atoms with van der Waals surface area (Å²) in [6.45, 7) is 1.46. The van der Waals surface area contributed by atoms with Gasteiger partial charge in [-0.1, -0.05) is 40.9 Å². The summed E-state index contributed by atoms with van der Waals surface area (Å²) < 4.78 is 129. The maximum atomic E-state index is 13.3. The van der Waals surface area contributed by atoms with E-state index in [9.17, 15) is 44.3 Å². The van der Waals surface area contributed by atoms with Crippen molar-refractivity contribution in [3.63, 3.8) is 0 Å². The van der Waals surface area contributed by atoms with E-state index in [1.54, 1.807) is 10.8 Å². The van der Waals surface area contributed by atoms with Crippen molar-refractivity contribution in [1.29, 1.82) is 0 Å². The number of amides is 1. The SMILES string of the molecule is BCCCN(C(=O)Oc1ccc2c(c1)CCC1C2CCC2(C)C(CCCOC(C(F)(F)F)(C(F)(F)F)C(F)(F)F)CCC12)C1CCSSC1. The molecule has 276 valence electrons. The molecule has 0 radical (unpaired) electrons. The molecular weight excluding hydrogens is 704 g/mol. The number of ether oxygens (including phenoxy) is 2. The molecule has 16 heteroatoms. The van der Waals surface area contributed by atoms with Gasteiger partial charge in [0, 0.05) is 30.7 Å². The molecule has 4 nitrogen and oxygen atoms in total. The van der Waals surface area contributed by atoms with Crippen LogP contribution in [0.2, 0.25) is 6.32 Å². The summed E-state index contributed by atoms with van der Waals surface area (Å²) in [5.41, 5.74) is -4.07. The smallest absolute Gasteiger partial charge is 0.410 e. The molecule has 3 aliphatic carbocycles. The number of alkyl halides is 9. The highest BCUT2D eigenvalue weighted by Gasteiger charge is 2.85. The fraction of sp³-hybridized carbons (Fsp3) is 0.788. The number of benzene rings is 1. The highest BCUT2D eigenvalue weighted by molar-refractivity contribution is 8.76. The number of hydrogen-bond acceptors (Lipinski definition) is 5. The minimum atomic E-state index is -6.71. The van der Waals surface area contributed by atoms with E-state index in [-0.39, 0.29) is 48.1 Å². The number of nitrogens with zero attached hydrogens (tertiary/aromatic N) is 1. The van der Waals surface area contributed by atoms with Crippen LogP contribution in [0, 0.1) is 23.2 Å². The van der Waals surface area contributed by atoms with Gasteiger partial charge in [0.1, 0.15) is 13.6 Å². The lowest BCUT2D eigenvalue weighted by Gasteiger charge is -2.51. The first kappa shape index (κ1) is 38.8. The summed E-state index contributed by atoms with van der Waals surface area (Å²) in [6.07, 6.45) is -12.9. The van der Waals surface area contributed by atoms with Gasteiger partial charge in [-0.25, -0.2) is 4.79 Å². The molecule has 0 bridgehead atoms. The number of carbonyl (C=O) groups is 1. The van der Waals surface area contributed by atoms with Crippen LogP contribution in [0.5, 0.6) is 5.75 Å². The van der Waals surface area contributed by atoms with Gasteiger partial charge in [0.05, 0.1) is 0 Å². The molecule has 1 saturated heterocycles. The Hall–Kier alpha value is -1.42. The Balaban J connectivity index is 1.21. The average Bonchev–Trinajstić information content (AvgIpc) is 3.35. The van der Waals surface area contributed by atoms with Crippen molar-refractivity contribution in [2.45, 2.75) is 114 Å². The molecule has 1 aliphatic heterocycles. The summed E-state index contributed by atoms with van der Waals surface area (Å²) in [4.78, 5) is 15.2. The van der Waals surface area contributed by atoms with Crippen LogP contribution >= 0.6 is 21.6 Å². The van der Waals surface area contributed by atoms with Crippen LogP contribution in [0.1, 0.15) is 81.8 Å². The van der Waals surface area contributed by atoms with Gasteiger partial charge in [-0.2, -0.15) is 39.5 Å². The van der Waals surface area contributed by atoms with Gasteiger partial charge in [0.2, 0.25) is 0 Å². The van der Waals surface area contributed by atoms with Crippen molar-refractivity contribution in [2.75, 3.05) is 24.7 Å². The minimum absolute atomic E-state index is 0.0425. The Morgan fingerprint density at radius 3 is 2.31 bits per heavy atom. The van der Waals surface area contributed by atoms with E-state index in [4.69, 9.17) is 4.74 Å². The number of halogens is 9. The van der Waals surface area contributed by atoms with Gasteiger partial charge >= 0.3 is 30.2 Å². The molecule has 6 unspecified atom stereocenters.